The molecule has 178 valence electrons. The lowest BCUT2D eigenvalue weighted by molar-refractivity contribution is -0.150. The van der Waals surface area contributed by atoms with E-state index in [2.05, 4.69) is 15.6 Å². The van der Waals surface area contributed by atoms with Crippen molar-refractivity contribution in [2.45, 2.75) is 57.6 Å². The summed E-state index contributed by atoms with van der Waals surface area (Å²) in [7, 11) is 0. The molecular weight excluding hydrogens is 468 g/mol. The Morgan fingerprint density at radius 2 is 2.09 bits per heavy atom. The van der Waals surface area contributed by atoms with Crippen LogP contribution in [0.1, 0.15) is 46.2 Å². The number of hydrogen-bond acceptors (Lipinski definition) is 8. The third-order valence-corrected chi connectivity index (χ3v) is 6.56. The third-order valence-electron chi connectivity index (χ3n) is 4.62. The quantitative estimate of drug-likeness (QED) is 0.388. The Morgan fingerprint density at radius 3 is 2.73 bits per heavy atom. The van der Waals surface area contributed by atoms with Crippen LogP contribution < -0.4 is 10.6 Å². The number of thiazole rings is 1. The van der Waals surface area contributed by atoms with Crippen LogP contribution in [-0.4, -0.2) is 61.6 Å². The molecule has 10 nitrogen and oxygen atoms in total. The van der Waals surface area contributed by atoms with E-state index in [-0.39, 0.29) is 16.4 Å². The summed E-state index contributed by atoms with van der Waals surface area (Å²) in [5, 5.41) is 16.0. The second kappa shape index (κ2) is 9.96. The summed E-state index contributed by atoms with van der Waals surface area (Å²) in [5.41, 5.74) is -0.0745. The molecular formula is C21H26N4O6S2. The predicted octanol–water partition coefficient (Wildman–Crippen LogP) is 3.04. The molecule has 33 heavy (non-hydrogen) atoms. The Labute approximate surface area is 199 Å². The number of carbonyl (C=O) groups excluding carboxylic acids is 3. The first-order valence-electron chi connectivity index (χ1n) is 10.4. The van der Waals surface area contributed by atoms with Gasteiger partial charge in [-0.1, -0.05) is 19.4 Å². The Morgan fingerprint density at radius 1 is 1.36 bits per heavy atom. The number of nitrogens with one attached hydrogen (secondary N) is 2. The number of carboxylic acid groups (broad SMARTS) is 1. The van der Waals surface area contributed by atoms with Gasteiger partial charge in [0.05, 0.1) is 11.3 Å². The zero-order chi connectivity index (χ0) is 24.3. The first kappa shape index (κ1) is 24.8. The van der Waals surface area contributed by atoms with E-state index in [0.717, 1.165) is 17.8 Å². The van der Waals surface area contributed by atoms with Crippen molar-refractivity contribution >= 4 is 57.7 Å². The predicted molar refractivity (Wildman–Crippen MR) is 126 cm³/mol. The Bertz CT molecular complexity index is 1030. The number of carboxylic acids is 1. The van der Waals surface area contributed by atoms with Gasteiger partial charge in [0.1, 0.15) is 22.7 Å². The monoisotopic (exact) mass is 494 g/mol. The van der Waals surface area contributed by atoms with Crippen molar-refractivity contribution in [1.29, 1.82) is 0 Å². The number of fused-ring (bicyclic) bond motifs is 1. The minimum atomic E-state index is -1.17. The van der Waals surface area contributed by atoms with Gasteiger partial charge in [-0.05, 0) is 33.3 Å². The van der Waals surface area contributed by atoms with Crippen molar-refractivity contribution in [3.8, 4) is 0 Å². The molecule has 2 aliphatic heterocycles. The Kier molecular flexibility index (Phi) is 7.48. The van der Waals surface area contributed by atoms with E-state index < -0.39 is 40.9 Å². The van der Waals surface area contributed by atoms with Crippen LogP contribution in [0.25, 0.3) is 5.57 Å². The SMILES string of the molecule is CCC/C=C(\C(=O)NC1C(=O)N2C(C(=O)O)=CCSC12)c1csc(NC(=O)OC(C)(C)C)n1. The standard InChI is InChI=1S/C21H26N4O6S2/c1-5-6-7-11(12-10-33-19(22-12)24-20(30)31-21(2,3)4)15(26)23-14-16(27)25-13(18(28)29)8-9-32-17(14)25/h7-8,10,14,17H,5-6,9H2,1-4H3,(H,23,26)(H,28,29)(H,22,24,30)/b11-7-. The number of anilines is 1. The van der Waals surface area contributed by atoms with Crippen molar-refractivity contribution < 1.29 is 29.0 Å². The van der Waals surface area contributed by atoms with Crippen molar-refractivity contribution in [2.75, 3.05) is 11.1 Å². The summed E-state index contributed by atoms with van der Waals surface area (Å²) in [4.78, 5) is 54.5. The molecule has 1 aromatic heterocycles. The fourth-order valence-electron chi connectivity index (χ4n) is 3.21. The maximum Gasteiger partial charge on any atom is 0.413 e. The fraction of sp³-hybridized carbons (Fsp3) is 0.476. The maximum atomic E-state index is 13.1. The number of aliphatic carboxylic acids is 1. The summed E-state index contributed by atoms with van der Waals surface area (Å²) in [6.07, 6.45) is 3.98. The molecule has 0 bridgehead atoms. The van der Waals surface area contributed by atoms with Crippen LogP contribution in [0, 0.1) is 0 Å². The summed E-state index contributed by atoms with van der Waals surface area (Å²) in [6.45, 7) is 7.21. The van der Waals surface area contributed by atoms with Gasteiger partial charge in [0.2, 0.25) is 0 Å². The highest BCUT2D eigenvalue weighted by Gasteiger charge is 2.52. The van der Waals surface area contributed by atoms with Crippen LogP contribution in [0.2, 0.25) is 0 Å². The number of allylic oxidation sites excluding steroid dienone is 1. The number of β-lactam (4-membered cyclic amide) rings is 1. The van der Waals surface area contributed by atoms with E-state index in [1.54, 1.807) is 32.2 Å². The highest BCUT2D eigenvalue weighted by atomic mass is 32.2. The van der Waals surface area contributed by atoms with Crippen LogP contribution >= 0.6 is 23.1 Å². The van der Waals surface area contributed by atoms with E-state index in [1.807, 2.05) is 6.92 Å². The molecule has 1 aromatic rings. The van der Waals surface area contributed by atoms with Crippen LogP contribution in [0.4, 0.5) is 9.93 Å². The number of unbranched alkanes of at least 4 members (excludes halogenated alkanes) is 1. The molecule has 2 atom stereocenters. The number of thioether (sulfide) groups is 1. The second-order valence-corrected chi connectivity index (χ2v) is 10.4. The van der Waals surface area contributed by atoms with Crippen molar-refractivity contribution in [3.63, 3.8) is 0 Å². The smallest absolute Gasteiger partial charge is 0.413 e. The fourth-order valence-corrected chi connectivity index (χ4v) is 5.10. The first-order valence-corrected chi connectivity index (χ1v) is 12.3. The lowest BCUT2D eigenvalue weighted by Crippen LogP contribution is -2.70. The minimum Gasteiger partial charge on any atom is -0.477 e. The molecule has 1 saturated heterocycles. The Balaban J connectivity index is 1.72. The molecule has 0 aromatic carbocycles. The van der Waals surface area contributed by atoms with Crippen molar-refractivity contribution in [1.82, 2.24) is 15.2 Å². The molecule has 1 fully saturated rings. The molecule has 0 saturated carbocycles. The van der Waals surface area contributed by atoms with Gasteiger partial charge in [-0.3, -0.25) is 19.8 Å². The average Bonchev–Trinajstić information content (AvgIpc) is 3.17. The number of amides is 3. The van der Waals surface area contributed by atoms with Gasteiger partial charge in [-0.2, -0.15) is 0 Å². The lowest BCUT2D eigenvalue weighted by Gasteiger charge is -2.48. The van der Waals surface area contributed by atoms with Gasteiger partial charge in [0.25, 0.3) is 11.8 Å². The number of rotatable bonds is 7. The molecule has 3 rings (SSSR count). The number of hydrogen-bond donors (Lipinski definition) is 3. The molecule has 2 aliphatic rings. The zero-order valence-corrected chi connectivity index (χ0v) is 20.3. The highest BCUT2D eigenvalue weighted by Crippen LogP contribution is 2.37. The van der Waals surface area contributed by atoms with Crippen LogP contribution in [0.15, 0.2) is 23.2 Å². The summed E-state index contributed by atoms with van der Waals surface area (Å²) < 4.78 is 5.22. The second-order valence-electron chi connectivity index (χ2n) is 8.35. The molecule has 12 heteroatoms. The number of nitrogens with zero attached hydrogens (tertiary/aromatic N) is 2. The molecule has 2 unspecified atom stereocenters. The van der Waals surface area contributed by atoms with Crippen LogP contribution in [-0.2, 0) is 19.1 Å². The Hall–Kier alpha value is -2.86. The average molecular weight is 495 g/mol. The first-order chi connectivity index (χ1) is 15.5. The maximum absolute atomic E-state index is 13.1. The molecule has 0 spiro atoms. The third kappa shape index (κ3) is 5.74. The van der Waals surface area contributed by atoms with Gasteiger partial charge in [0.15, 0.2) is 5.13 Å². The lowest BCUT2D eigenvalue weighted by atomic mass is 10.0. The van der Waals surface area contributed by atoms with E-state index >= 15 is 0 Å². The van der Waals surface area contributed by atoms with E-state index in [4.69, 9.17) is 4.74 Å². The van der Waals surface area contributed by atoms with Gasteiger partial charge in [0, 0.05) is 11.1 Å². The largest absolute Gasteiger partial charge is 0.477 e. The topological polar surface area (TPSA) is 138 Å². The highest BCUT2D eigenvalue weighted by molar-refractivity contribution is 8.00. The summed E-state index contributed by atoms with van der Waals surface area (Å²) in [6, 6.07) is -0.825. The number of carbonyl (C=O) groups is 4. The van der Waals surface area contributed by atoms with Crippen LogP contribution in [0.5, 0.6) is 0 Å². The number of ether oxygens (including phenoxy) is 1. The van der Waals surface area contributed by atoms with Crippen LogP contribution in [0.3, 0.4) is 0 Å². The molecule has 3 N–H and O–H groups in total. The molecule has 3 heterocycles. The van der Waals surface area contributed by atoms with Gasteiger partial charge >= 0.3 is 12.1 Å². The zero-order valence-electron chi connectivity index (χ0n) is 18.7. The number of aromatic nitrogens is 1. The van der Waals surface area contributed by atoms with Gasteiger partial charge < -0.3 is 15.2 Å². The van der Waals surface area contributed by atoms with Crippen molar-refractivity contribution in [2.24, 2.45) is 0 Å². The normalized spacial score (nSPS) is 20.4. The van der Waals surface area contributed by atoms with Gasteiger partial charge in [-0.15, -0.1) is 23.1 Å². The van der Waals surface area contributed by atoms with Crippen molar-refractivity contribution in [3.05, 3.63) is 28.9 Å². The minimum absolute atomic E-state index is 0.0617. The summed E-state index contributed by atoms with van der Waals surface area (Å²) >= 11 is 2.53. The molecule has 0 aliphatic carbocycles. The molecule has 3 amide bonds. The van der Waals surface area contributed by atoms with E-state index in [9.17, 15) is 24.3 Å². The summed E-state index contributed by atoms with van der Waals surface area (Å²) in [5.74, 6) is -1.68. The van der Waals surface area contributed by atoms with Gasteiger partial charge in [-0.25, -0.2) is 14.6 Å². The molecule has 0 radical (unpaired) electrons. The van der Waals surface area contributed by atoms with E-state index in [0.29, 0.717) is 17.9 Å². The van der Waals surface area contributed by atoms with E-state index in [1.165, 1.54) is 22.7 Å².